The summed E-state index contributed by atoms with van der Waals surface area (Å²) < 4.78 is 26.8. The van der Waals surface area contributed by atoms with Crippen molar-refractivity contribution in [2.24, 2.45) is 0 Å². The summed E-state index contributed by atoms with van der Waals surface area (Å²) in [6.45, 7) is 4.57. The summed E-state index contributed by atoms with van der Waals surface area (Å²) in [5.74, 6) is -0.417. The number of ether oxygens (including phenoxy) is 2. The Balaban J connectivity index is 2.20. The lowest BCUT2D eigenvalue weighted by Crippen LogP contribution is -2.39. The highest BCUT2D eigenvalue weighted by Gasteiger charge is 2.47. The Bertz CT molecular complexity index is 688. The second-order valence-electron chi connectivity index (χ2n) is 5.65. The van der Waals surface area contributed by atoms with Crippen molar-refractivity contribution in [3.05, 3.63) is 33.1 Å². The lowest BCUT2D eigenvalue weighted by molar-refractivity contribution is -0.140. The van der Waals surface area contributed by atoms with Crippen LogP contribution in [0.5, 0.6) is 0 Å². The van der Waals surface area contributed by atoms with E-state index in [9.17, 15) is 18.8 Å². The van der Waals surface area contributed by atoms with Gasteiger partial charge in [-0.2, -0.15) is 0 Å². The third-order valence-electron chi connectivity index (χ3n) is 3.29. The van der Waals surface area contributed by atoms with Crippen LogP contribution in [0.15, 0.2) is 21.9 Å². The smallest absolute Gasteiger partial charge is 0.330 e. The fraction of sp³-hybridized carbons (Fsp3) is 0.643. The molecule has 1 aliphatic heterocycles. The first kappa shape index (κ1) is 18.3. The maximum absolute atomic E-state index is 14.8. The zero-order valence-electron chi connectivity index (χ0n) is 13.5. The standard InChI is InChI=1S/C14H20FN3O6/c1-7(2)23-12-9(6-22-17-8(3)19)24-13(11(12)15)18-5-4-10(20)16-14(18)21/h4-5,7,9,11-13H,6H2,1-3H3,(H,17,19)(H,16,20,21)/t9-,11-,12-,13-/m1/s1. The molecular weight excluding hydrogens is 325 g/mol. The average molecular weight is 345 g/mol. The summed E-state index contributed by atoms with van der Waals surface area (Å²) in [5, 5.41) is 0. The van der Waals surface area contributed by atoms with Crippen LogP contribution in [0.4, 0.5) is 4.39 Å². The molecule has 2 heterocycles. The van der Waals surface area contributed by atoms with Gasteiger partial charge in [0.25, 0.3) is 5.56 Å². The summed E-state index contributed by atoms with van der Waals surface area (Å²) in [4.78, 5) is 40.8. The molecule has 1 aromatic rings. The molecular formula is C14H20FN3O6. The van der Waals surface area contributed by atoms with Crippen molar-refractivity contribution in [2.45, 2.75) is 51.5 Å². The van der Waals surface area contributed by atoms with E-state index in [0.29, 0.717) is 0 Å². The lowest BCUT2D eigenvalue weighted by Gasteiger charge is -2.21. The van der Waals surface area contributed by atoms with Crippen molar-refractivity contribution in [1.29, 1.82) is 0 Å². The predicted molar refractivity (Wildman–Crippen MR) is 79.9 cm³/mol. The number of nitrogens with zero attached hydrogens (tertiary/aromatic N) is 1. The lowest BCUT2D eigenvalue weighted by atomic mass is 10.1. The van der Waals surface area contributed by atoms with Gasteiger partial charge in [0.05, 0.1) is 6.10 Å². The number of carbonyl (C=O) groups is 1. The Morgan fingerprint density at radius 2 is 2.21 bits per heavy atom. The van der Waals surface area contributed by atoms with E-state index < -0.39 is 41.8 Å². The first-order valence-electron chi connectivity index (χ1n) is 7.44. The van der Waals surface area contributed by atoms with Crippen LogP contribution in [-0.4, -0.2) is 46.5 Å². The zero-order chi connectivity index (χ0) is 17.9. The Morgan fingerprint density at radius 3 is 2.79 bits per heavy atom. The van der Waals surface area contributed by atoms with Crippen molar-refractivity contribution in [2.75, 3.05) is 6.61 Å². The molecule has 0 saturated carbocycles. The molecule has 1 aromatic heterocycles. The van der Waals surface area contributed by atoms with E-state index in [-0.39, 0.29) is 12.7 Å². The minimum atomic E-state index is -1.66. The quantitative estimate of drug-likeness (QED) is 0.681. The van der Waals surface area contributed by atoms with E-state index in [1.807, 2.05) is 4.98 Å². The van der Waals surface area contributed by atoms with Crippen LogP contribution >= 0.6 is 0 Å². The van der Waals surface area contributed by atoms with Crippen molar-refractivity contribution < 1.29 is 23.5 Å². The Hall–Kier alpha value is -2.04. The summed E-state index contributed by atoms with van der Waals surface area (Å²) in [6.07, 6.45) is -3.92. The largest absolute Gasteiger partial charge is 0.370 e. The second-order valence-corrected chi connectivity index (χ2v) is 5.65. The number of H-pyrrole nitrogens is 1. The number of amides is 1. The SMILES string of the molecule is CC(=O)NOC[C@H]1O[C@@H](n2ccc(=O)[nH]c2=O)[C@H](F)[C@@H]1OC(C)C. The third-order valence-corrected chi connectivity index (χ3v) is 3.29. The number of hydroxylamine groups is 1. The number of carbonyl (C=O) groups excluding carboxylic acids is 1. The molecule has 1 fully saturated rings. The maximum Gasteiger partial charge on any atom is 0.330 e. The molecule has 9 nitrogen and oxygen atoms in total. The molecule has 0 aromatic carbocycles. The van der Waals surface area contributed by atoms with Gasteiger partial charge in [0.1, 0.15) is 18.8 Å². The minimum Gasteiger partial charge on any atom is -0.370 e. The van der Waals surface area contributed by atoms with E-state index in [0.717, 1.165) is 16.8 Å². The molecule has 1 saturated heterocycles. The van der Waals surface area contributed by atoms with Crippen LogP contribution in [0, 0.1) is 0 Å². The highest BCUT2D eigenvalue weighted by molar-refractivity contribution is 5.71. The van der Waals surface area contributed by atoms with Crippen LogP contribution < -0.4 is 16.7 Å². The number of hydrogen-bond acceptors (Lipinski definition) is 6. The third kappa shape index (κ3) is 4.28. The first-order valence-corrected chi connectivity index (χ1v) is 7.44. The van der Waals surface area contributed by atoms with E-state index in [1.165, 1.54) is 6.92 Å². The number of aromatic amines is 1. The molecule has 24 heavy (non-hydrogen) atoms. The van der Waals surface area contributed by atoms with Crippen molar-refractivity contribution in [3.63, 3.8) is 0 Å². The molecule has 0 spiro atoms. The van der Waals surface area contributed by atoms with Gasteiger partial charge in [-0.1, -0.05) is 0 Å². The van der Waals surface area contributed by atoms with Gasteiger partial charge in [0.2, 0.25) is 5.91 Å². The van der Waals surface area contributed by atoms with Gasteiger partial charge in [-0.3, -0.25) is 24.0 Å². The highest BCUT2D eigenvalue weighted by Crippen LogP contribution is 2.33. The van der Waals surface area contributed by atoms with Crippen LogP contribution in [0.25, 0.3) is 0 Å². The number of rotatable bonds is 6. The second kappa shape index (κ2) is 7.69. The van der Waals surface area contributed by atoms with Crippen LogP contribution in [0.1, 0.15) is 27.0 Å². The molecule has 0 aliphatic carbocycles. The normalized spacial score (nSPS) is 26.7. The maximum atomic E-state index is 14.8. The fourth-order valence-electron chi connectivity index (χ4n) is 2.38. The van der Waals surface area contributed by atoms with Gasteiger partial charge in [-0.25, -0.2) is 14.7 Å². The summed E-state index contributed by atoms with van der Waals surface area (Å²) in [7, 11) is 0. The van der Waals surface area contributed by atoms with E-state index in [2.05, 4.69) is 5.48 Å². The van der Waals surface area contributed by atoms with Gasteiger partial charge >= 0.3 is 5.69 Å². The van der Waals surface area contributed by atoms with Gasteiger partial charge in [0, 0.05) is 19.2 Å². The van der Waals surface area contributed by atoms with Gasteiger partial charge in [0.15, 0.2) is 12.4 Å². The Morgan fingerprint density at radius 1 is 1.50 bits per heavy atom. The molecule has 1 amide bonds. The molecule has 0 bridgehead atoms. The molecule has 1 aliphatic rings. The molecule has 10 heteroatoms. The van der Waals surface area contributed by atoms with Crippen molar-refractivity contribution >= 4 is 5.91 Å². The molecule has 4 atom stereocenters. The minimum absolute atomic E-state index is 0.161. The van der Waals surface area contributed by atoms with Crippen LogP contribution in [-0.2, 0) is 19.1 Å². The topological polar surface area (TPSA) is 112 Å². The monoisotopic (exact) mass is 345 g/mol. The van der Waals surface area contributed by atoms with Gasteiger partial charge in [-0.15, -0.1) is 0 Å². The van der Waals surface area contributed by atoms with E-state index >= 15 is 0 Å². The van der Waals surface area contributed by atoms with Gasteiger partial charge in [-0.05, 0) is 13.8 Å². The van der Waals surface area contributed by atoms with E-state index in [4.69, 9.17) is 14.3 Å². The average Bonchev–Trinajstić information content (AvgIpc) is 2.76. The highest BCUT2D eigenvalue weighted by atomic mass is 19.1. The number of hydrogen-bond donors (Lipinski definition) is 2. The Kier molecular flexibility index (Phi) is 5.86. The first-order chi connectivity index (χ1) is 11.3. The van der Waals surface area contributed by atoms with Gasteiger partial charge < -0.3 is 9.47 Å². The molecule has 134 valence electrons. The summed E-state index contributed by atoms with van der Waals surface area (Å²) >= 11 is 0. The fourth-order valence-corrected chi connectivity index (χ4v) is 2.38. The predicted octanol–water partition coefficient (Wildman–Crippen LogP) is -0.367. The summed E-state index contributed by atoms with van der Waals surface area (Å²) in [6, 6.07) is 1.09. The molecule has 2 rings (SSSR count). The van der Waals surface area contributed by atoms with Crippen molar-refractivity contribution in [3.8, 4) is 0 Å². The summed E-state index contributed by atoms with van der Waals surface area (Å²) in [5.41, 5.74) is 0.739. The number of nitrogens with one attached hydrogen (secondary N) is 2. The Labute approximate surface area is 136 Å². The molecule has 0 unspecified atom stereocenters. The van der Waals surface area contributed by atoms with Crippen molar-refractivity contribution in [1.82, 2.24) is 15.0 Å². The van der Waals surface area contributed by atoms with Crippen LogP contribution in [0.3, 0.4) is 0 Å². The van der Waals surface area contributed by atoms with Crippen LogP contribution in [0.2, 0.25) is 0 Å². The molecule has 2 N–H and O–H groups in total. The zero-order valence-corrected chi connectivity index (χ0v) is 13.5. The number of halogens is 1. The molecule has 0 radical (unpaired) electrons. The van der Waals surface area contributed by atoms with E-state index in [1.54, 1.807) is 13.8 Å². The number of alkyl halides is 1. The number of aromatic nitrogens is 2.